The topological polar surface area (TPSA) is 49.8 Å². The second-order valence-corrected chi connectivity index (χ2v) is 6.41. The lowest BCUT2D eigenvalue weighted by Gasteiger charge is -2.34. The van der Waals surface area contributed by atoms with Crippen LogP contribution in [0.3, 0.4) is 0 Å². The van der Waals surface area contributed by atoms with Crippen molar-refractivity contribution in [2.45, 2.75) is 31.3 Å². The third-order valence-corrected chi connectivity index (χ3v) is 4.77. The number of hydrogen-bond acceptors (Lipinski definition) is 4. The number of carbonyl (C=O) groups is 1. The van der Waals surface area contributed by atoms with Crippen molar-refractivity contribution in [1.82, 2.24) is 4.90 Å². The van der Waals surface area contributed by atoms with Crippen LogP contribution in [-0.4, -0.2) is 47.5 Å². The molecule has 2 unspecified atom stereocenters. The highest BCUT2D eigenvalue weighted by Gasteiger charge is 2.26. The summed E-state index contributed by atoms with van der Waals surface area (Å²) in [6, 6.07) is 7.78. The van der Waals surface area contributed by atoms with Gasteiger partial charge in [-0.3, -0.25) is 4.79 Å². The Bertz CT molecular complexity index is 463. The molecule has 0 radical (unpaired) electrons. The molecule has 0 aromatic heterocycles. The third-order valence-electron chi connectivity index (χ3n) is 3.77. The zero-order valence-electron chi connectivity index (χ0n) is 12.6. The number of benzene rings is 1. The average molecular weight is 309 g/mol. The molecule has 1 aliphatic rings. The Hall–Kier alpha value is -1.20. The first-order valence-electron chi connectivity index (χ1n) is 7.41. The molecule has 2 rings (SSSR count). The van der Waals surface area contributed by atoms with Crippen molar-refractivity contribution in [3.8, 4) is 5.75 Å². The SMILES string of the molecule is CCOc1ccc(SCC(=O)N2CCC(C)C(O)C2)cc1. The first-order valence-corrected chi connectivity index (χ1v) is 8.40. The highest BCUT2D eigenvalue weighted by molar-refractivity contribution is 8.00. The van der Waals surface area contributed by atoms with E-state index in [-0.39, 0.29) is 11.8 Å². The molecular weight excluding hydrogens is 286 g/mol. The van der Waals surface area contributed by atoms with E-state index in [9.17, 15) is 9.90 Å². The number of nitrogens with zero attached hydrogens (tertiary/aromatic N) is 1. The van der Waals surface area contributed by atoms with Crippen LogP contribution in [0, 0.1) is 5.92 Å². The smallest absolute Gasteiger partial charge is 0.233 e. The van der Waals surface area contributed by atoms with E-state index < -0.39 is 6.10 Å². The van der Waals surface area contributed by atoms with E-state index in [0.29, 0.717) is 18.9 Å². The van der Waals surface area contributed by atoms with Crippen LogP contribution in [0.5, 0.6) is 5.75 Å². The summed E-state index contributed by atoms with van der Waals surface area (Å²) in [7, 11) is 0. The van der Waals surface area contributed by atoms with Gasteiger partial charge in [0.25, 0.3) is 0 Å². The number of ether oxygens (including phenoxy) is 1. The van der Waals surface area contributed by atoms with Gasteiger partial charge in [-0.15, -0.1) is 11.8 Å². The third kappa shape index (κ3) is 4.64. The molecule has 5 heteroatoms. The van der Waals surface area contributed by atoms with Crippen molar-refractivity contribution in [2.75, 3.05) is 25.4 Å². The van der Waals surface area contributed by atoms with Crippen LogP contribution in [-0.2, 0) is 4.79 Å². The van der Waals surface area contributed by atoms with Gasteiger partial charge in [-0.2, -0.15) is 0 Å². The minimum atomic E-state index is -0.391. The monoisotopic (exact) mass is 309 g/mol. The van der Waals surface area contributed by atoms with E-state index in [1.165, 1.54) is 11.8 Å². The Kier molecular flexibility index (Phi) is 5.94. The molecule has 21 heavy (non-hydrogen) atoms. The number of carbonyl (C=O) groups excluding carboxylic acids is 1. The van der Waals surface area contributed by atoms with Gasteiger partial charge in [0, 0.05) is 18.0 Å². The van der Waals surface area contributed by atoms with Gasteiger partial charge >= 0.3 is 0 Å². The molecule has 1 aromatic rings. The first kappa shape index (κ1) is 16.2. The Labute approximate surface area is 130 Å². The molecule has 1 aromatic carbocycles. The second-order valence-electron chi connectivity index (χ2n) is 5.37. The molecule has 4 nitrogen and oxygen atoms in total. The fraction of sp³-hybridized carbons (Fsp3) is 0.562. The van der Waals surface area contributed by atoms with Gasteiger partial charge in [0.1, 0.15) is 5.75 Å². The summed E-state index contributed by atoms with van der Waals surface area (Å²) < 4.78 is 5.39. The van der Waals surface area contributed by atoms with Gasteiger partial charge in [0.05, 0.1) is 18.5 Å². The van der Waals surface area contributed by atoms with Crippen LogP contribution in [0.1, 0.15) is 20.3 Å². The van der Waals surface area contributed by atoms with E-state index in [1.807, 2.05) is 38.1 Å². The van der Waals surface area contributed by atoms with E-state index in [1.54, 1.807) is 4.90 Å². The van der Waals surface area contributed by atoms with E-state index in [2.05, 4.69) is 0 Å². The molecular formula is C16H23NO3S. The van der Waals surface area contributed by atoms with Crippen LogP contribution in [0.15, 0.2) is 29.2 Å². The molecule has 1 saturated heterocycles. The summed E-state index contributed by atoms with van der Waals surface area (Å²) in [5.41, 5.74) is 0. The van der Waals surface area contributed by atoms with Crippen LogP contribution < -0.4 is 4.74 Å². The number of hydrogen-bond donors (Lipinski definition) is 1. The molecule has 1 aliphatic heterocycles. The lowest BCUT2D eigenvalue weighted by molar-refractivity contribution is -0.132. The van der Waals surface area contributed by atoms with E-state index in [0.717, 1.165) is 23.6 Å². The standard InChI is InChI=1S/C16H23NO3S/c1-3-20-13-4-6-14(7-5-13)21-11-16(19)17-9-8-12(2)15(18)10-17/h4-7,12,15,18H,3,8-11H2,1-2H3. The summed E-state index contributed by atoms with van der Waals surface area (Å²) in [6.45, 7) is 5.85. The predicted octanol–water partition coefficient (Wildman–Crippen LogP) is 2.41. The van der Waals surface area contributed by atoms with Crippen molar-refractivity contribution in [3.63, 3.8) is 0 Å². The molecule has 1 amide bonds. The molecule has 2 atom stereocenters. The summed E-state index contributed by atoms with van der Waals surface area (Å²) in [6.07, 6.45) is 0.485. The normalized spacial score (nSPS) is 22.1. The number of piperidine rings is 1. The van der Waals surface area contributed by atoms with Gasteiger partial charge in [0.15, 0.2) is 0 Å². The highest BCUT2D eigenvalue weighted by Crippen LogP contribution is 2.23. The van der Waals surface area contributed by atoms with Gasteiger partial charge in [0.2, 0.25) is 5.91 Å². The summed E-state index contributed by atoms with van der Waals surface area (Å²) in [5, 5.41) is 9.85. The van der Waals surface area contributed by atoms with Crippen molar-refractivity contribution < 1.29 is 14.6 Å². The number of β-amino-alcohol motifs (C(OH)–C–C–N with tert-alkyl or cyclic N) is 1. The summed E-state index contributed by atoms with van der Waals surface area (Å²) in [4.78, 5) is 15.0. The van der Waals surface area contributed by atoms with Crippen molar-refractivity contribution >= 4 is 17.7 Å². The lowest BCUT2D eigenvalue weighted by Crippen LogP contribution is -2.46. The maximum atomic E-state index is 12.2. The van der Waals surface area contributed by atoms with Crippen LogP contribution >= 0.6 is 11.8 Å². The van der Waals surface area contributed by atoms with Gasteiger partial charge in [-0.25, -0.2) is 0 Å². The number of aliphatic hydroxyl groups is 1. The maximum Gasteiger partial charge on any atom is 0.233 e. The van der Waals surface area contributed by atoms with Crippen molar-refractivity contribution in [3.05, 3.63) is 24.3 Å². The minimum Gasteiger partial charge on any atom is -0.494 e. The Balaban J connectivity index is 1.81. The molecule has 0 bridgehead atoms. The molecule has 1 fully saturated rings. The molecule has 0 saturated carbocycles. The lowest BCUT2D eigenvalue weighted by atomic mass is 9.96. The summed E-state index contributed by atoms with van der Waals surface area (Å²) in [5.74, 6) is 1.64. The Morgan fingerprint density at radius 2 is 2.14 bits per heavy atom. The zero-order valence-corrected chi connectivity index (χ0v) is 13.4. The highest BCUT2D eigenvalue weighted by atomic mass is 32.2. The zero-order chi connectivity index (χ0) is 15.2. The van der Waals surface area contributed by atoms with Gasteiger partial charge in [-0.05, 0) is 43.5 Å². The average Bonchev–Trinajstić information content (AvgIpc) is 2.49. The van der Waals surface area contributed by atoms with Crippen LogP contribution in [0.25, 0.3) is 0 Å². The fourth-order valence-corrected chi connectivity index (χ4v) is 3.11. The molecule has 0 spiro atoms. The van der Waals surface area contributed by atoms with Gasteiger partial charge in [-0.1, -0.05) is 6.92 Å². The largest absolute Gasteiger partial charge is 0.494 e. The van der Waals surface area contributed by atoms with Crippen LogP contribution in [0.2, 0.25) is 0 Å². The summed E-state index contributed by atoms with van der Waals surface area (Å²) >= 11 is 1.52. The Morgan fingerprint density at radius 3 is 2.76 bits per heavy atom. The molecule has 1 N–H and O–H groups in total. The molecule has 0 aliphatic carbocycles. The van der Waals surface area contributed by atoms with Crippen molar-refractivity contribution in [1.29, 1.82) is 0 Å². The minimum absolute atomic E-state index is 0.0971. The first-order chi connectivity index (χ1) is 10.1. The van der Waals surface area contributed by atoms with E-state index >= 15 is 0 Å². The number of rotatable bonds is 5. The van der Waals surface area contributed by atoms with E-state index in [4.69, 9.17) is 4.74 Å². The predicted molar refractivity (Wildman–Crippen MR) is 84.7 cm³/mol. The fourth-order valence-electron chi connectivity index (χ4n) is 2.31. The molecule has 116 valence electrons. The van der Waals surface area contributed by atoms with Crippen molar-refractivity contribution in [2.24, 2.45) is 5.92 Å². The number of aliphatic hydroxyl groups excluding tert-OH is 1. The number of likely N-dealkylation sites (tertiary alicyclic amines) is 1. The Morgan fingerprint density at radius 1 is 1.43 bits per heavy atom. The van der Waals surface area contributed by atoms with Crippen LogP contribution in [0.4, 0.5) is 0 Å². The number of amides is 1. The second kappa shape index (κ2) is 7.71. The maximum absolute atomic E-state index is 12.2. The molecule has 1 heterocycles. The quantitative estimate of drug-likeness (QED) is 0.849. The number of thioether (sulfide) groups is 1. The van der Waals surface area contributed by atoms with Gasteiger partial charge < -0.3 is 14.7 Å².